The third-order valence-corrected chi connectivity index (χ3v) is 7.07. The number of pyridine rings is 1. The Kier molecular flexibility index (Phi) is 6.85. The number of hydrogen-bond donors (Lipinski definition) is 3. The standard InChI is InChI=1S/C23H24FN5O5S/c1-3-34-23(31)28-35(32,33)29-10-7-14(8-11-29)20-13-18-16(6-9-26-21(18)27-20)15-4-5-17(19(24)12-15)22(30)25-2/h4-7,9,12-13H,3,8,10-11H2,1-2H3,(H,25,30)(H,26,27)(H,28,31). The maximum atomic E-state index is 14.5. The summed E-state index contributed by atoms with van der Waals surface area (Å²) in [7, 11) is -2.58. The van der Waals surface area contributed by atoms with Crippen molar-refractivity contribution in [1.29, 1.82) is 0 Å². The van der Waals surface area contributed by atoms with Gasteiger partial charge in [0.25, 0.3) is 5.91 Å². The van der Waals surface area contributed by atoms with Gasteiger partial charge in [-0.1, -0.05) is 12.1 Å². The molecule has 0 atom stereocenters. The second-order valence-electron chi connectivity index (χ2n) is 7.74. The molecule has 12 heteroatoms. The normalized spacial score (nSPS) is 14.4. The van der Waals surface area contributed by atoms with E-state index in [9.17, 15) is 22.4 Å². The summed E-state index contributed by atoms with van der Waals surface area (Å²) in [6.45, 7) is 1.89. The summed E-state index contributed by atoms with van der Waals surface area (Å²) in [4.78, 5) is 30.9. The second kappa shape index (κ2) is 9.84. The smallest absolute Gasteiger partial charge is 0.421 e. The molecule has 0 unspecified atom stereocenters. The summed E-state index contributed by atoms with van der Waals surface area (Å²) in [6.07, 6.45) is 2.75. The Hall–Kier alpha value is -3.77. The molecule has 0 radical (unpaired) electrons. The summed E-state index contributed by atoms with van der Waals surface area (Å²) in [6, 6.07) is 8.07. The Labute approximate surface area is 201 Å². The topological polar surface area (TPSA) is 133 Å². The highest BCUT2D eigenvalue weighted by atomic mass is 32.2. The fourth-order valence-corrected chi connectivity index (χ4v) is 4.90. The highest BCUT2D eigenvalue weighted by molar-refractivity contribution is 7.87. The maximum Gasteiger partial charge on any atom is 0.421 e. The first-order chi connectivity index (χ1) is 16.7. The van der Waals surface area contributed by atoms with Crippen LogP contribution in [0.25, 0.3) is 27.7 Å². The molecular formula is C23H24FN5O5S. The molecule has 10 nitrogen and oxygen atoms in total. The molecular weight excluding hydrogens is 477 g/mol. The molecule has 0 spiro atoms. The lowest BCUT2D eigenvalue weighted by atomic mass is 10.0. The van der Waals surface area contributed by atoms with Gasteiger partial charge in [0.15, 0.2) is 0 Å². The van der Waals surface area contributed by atoms with Gasteiger partial charge in [0.2, 0.25) is 0 Å². The van der Waals surface area contributed by atoms with Gasteiger partial charge >= 0.3 is 16.3 Å². The molecule has 35 heavy (non-hydrogen) atoms. The van der Waals surface area contributed by atoms with E-state index in [1.165, 1.54) is 19.2 Å². The van der Waals surface area contributed by atoms with Crippen LogP contribution in [0.1, 0.15) is 29.4 Å². The van der Waals surface area contributed by atoms with Crippen LogP contribution in [0, 0.1) is 5.82 Å². The molecule has 3 heterocycles. The average molecular weight is 502 g/mol. The molecule has 1 aliphatic heterocycles. The molecule has 2 amide bonds. The van der Waals surface area contributed by atoms with Crippen molar-refractivity contribution < 1.29 is 27.1 Å². The summed E-state index contributed by atoms with van der Waals surface area (Å²) in [5.74, 6) is -1.13. The number of hydrogen-bond acceptors (Lipinski definition) is 6. The van der Waals surface area contributed by atoms with Gasteiger partial charge in [-0.15, -0.1) is 0 Å². The van der Waals surface area contributed by atoms with Gasteiger partial charge < -0.3 is 15.0 Å². The van der Waals surface area contributed by atoms with Crippen molar-refractivity contribution >= 4 is 38.8 Å². The number of benzene rings is 1. The molecule has 3 N–H and O–H groups in total. The quantitative estimate of drug-likeness (QED) is 0.476. The van der Waals surface area contributed by atoms with Crippen molar-refractivity contribution in [2.75, 3.05) is 26.7 Å². The summed E-state index contributed by atoms with van der Waals surface area (Å²) < 4.78 is 47.0. The number of nitrogens with one attached hydrogen (secondary N) is 3. The van der Waals surface area contributed by atoms with Crippen LogP contribution in [0.15, 0.2) is 42.6 Å². The SMILES string of the molecule is CCOC(=O)NS(=O)(=O)N1CC=C(c2cc3c(-c4ccc(C(=O)NC)c(F)c4)ccnc3[nH]2)CC1. The van der Waals surface area contributed by atoms with Crippen LogP contribution in [0.5, 0.6) is 0 Å². The monoisotopic (exact) mass is 501 g/mol. The van der Waals surface area contributed by atoms with Gasteiger partial charge in [0.05, 0.1) is 12.2 Å². The third kappa shape index (κ3) is 5.03. The van der Waals surface area contributed by atoms with Crippen LogP contribution in [0.3, 0.4) is 0 Å². The van der Waals surface area contributed by atoms with Crippen molar-refractivity contribution in [2.24, 2.45) is 0 Å². The first-order valence-electron chi connectivity index (χ1n) is 10.9. The fraction of sp³-hybridized carbons (Fsp3) is 0.261. The van der Waals surface area contributed by atoms with Crippen molar-refractivity contribution in [3.05, 3.63) is 59.7 Å². The lowest BCUT2D eigenvalue weighted by molar-refractivity contribution is 0.0959. The molecule has 0 aliphatic carbocycles. The number of aromatic amines is 1. The largest absolute Gasteiger partial charge is 0.449 e. The van der Waals surface area contributed by atoms with E-state index in [2.05, 4.69) is 20.0 Å². The Balaban J connectivity index is 1.59. The highest BCUT2D eigenvalue weighted by Gasteiger charge is 2.27. The molecule has 184 valence electrons. The summed E-state index contributed by atoms with van der Waals surface area (Å²) in [5, 5.41) is 3.17. The number of fused-ring (bicyclic) bond motifs is 1. The van der Waals surface area contributed by atoms with E-state index in [0.717, 1.165) is 26.5 Å². The van der Waals surface area contributed by atoms with E-state index in [1.54, 1.807) is 31.3 Å². The minimum atomic E-state index is -4.02. The van der Waals surface area contributed by atoms with E-state index in [1.807, 2.05) is 10.8 Å². The number of H-pyrrole nitrogens is 1. The predicted octanol–water partition coefficient (Wildman–Crippen LogP) is 2.81. The number of nitrogens with zero attached hydrogens (tertiary/aromatic N) is 2. The number of carbonyl (C=O) groups is 2. The average Bonchev–Trinajstić information content (AvgIpc) is 3.28. The van der Waals surface area contributed by atoms with Crippen LogP contribution >= 0.6 is 0 Å². The van der Waals surface area contributed by atoms with Crippen LogP contribution in [-0.2, 0) is 14.9 Å². The molecule has 0 saturated heterocycles. The zero-order chi connectivity index (χ0) is 25.2. The molecule has 3 aromatic rings. The lowest BCUT2D eigenvalue weighted by Gasteiger charge is -2.25. The second-order valence-corrected chi connectivity index (χ2v) is 9.41. The number of amides is 2. The number of rotatable bonds is 6. The zero-order valence-electron chi connectivity index (χ0n) is 19.1. The van der Waals surface area contributed by atoms with Crippen LogP contribution in [-0.4, -0.2) is 61.4 Å². The summed E-state index contributed by atoms with van der Waals surface area (Å²) in [5.41, 5.74) is 3.52. The third-order valence-electron chi connectivity index (χ3n) is 5.63. The summed E-state index contributed by atoms with van der Waals surface area (Å²) >= 11 is 0. The molecule has 0 fully saturated rings. The number of halogens is 1. The van der Waals surface area contributed by atoms with Crippen molar-refractivity contribution in [1.82, 2.24) is 24.3 Å². The van der Waals surface area contributed by atoms with Crippen molar-refractivity contribution in [3.8, 4) is 11.1 Å². The van der Waals surface area contributed by atoms with Crippen molar-refractivity contribution in [3.63, 3.8) is 0 Å². The molecule has 0 saturated carbocycles. The highest BCUT2D eigenvalue weighted by Crippen LogP contribution is 2.32. The van der Waals surface area contributed by atoms with Gasteiger partial charge in [-0.05, 0) is 54.3 Å². The minimum absolute atomic E-state index is 0.0411. The first-order valence-corrected chi connectivity index (χ1v) is 12.3. The van der Waals surface area contributed by atoms with E-state index >= 15 is 0 Å². The van der Waals surface area contributed by atoms with E-state index in [4.69, 9.17) is 0 Å². The predicted molar refractivity (Wildman–Crippen MR) is 128 cm³/mol. The van der Waals surface area contributed by atoms with E-state index in [-0.39, 0.29) is 25.3 Å². The van der Waals surface area contributed by atoms with Crippen LogP contribution in [0.2, 0.25) is 0 Å². The van der Waals surface area contributed by atoms with Crippen LogP contribution < -0.4 is 10.0 Å². The minimum Gasteiger partial charge on any atom is -0.449 e. The number of ether oxygens (including phenoxy) is 1. The van der Waals surface area contributed by atoms with Gasteiger partial charge in [-0.2, -0.15) is 12.7 Å². The number of carbonyl (C=O) groups excluding carboxylic acids is 2. The Morgan fingerprint density at radius 2 is 2.06 bits per heavy atom. The fourth-order valence-electron chi connectivity index (χ4n) is 3.90. The molecule has 1 aromatic carbocycles. The molecule has 4 rings (SSSR count). The Morgan fingerprint density at radius 3 is 2.71 bits per heavy atom. The Bertz CT molecular complexity index is 1430. The Morgan fingerprint density at radius 1 is 1.26 bits per heavy atom. The molecule has 2 aromatic heterocycles. The van der Waals surface area contributed by atoms with E-state index < -0.39 is 28.0 Å². The zero-order valence-corrected chi connectivity index (χ0v) is 19.9. The lowest BCUT2D eigenvalue weighted by Crippen LogP contribution is -2.45. The molecule has 0 bridgehead atoms. The molecule has 1 aliphatic rings. The van der Waals surface area contributed by atoms with E-state index in [0.29, 0.717) is 17.6 Å². The van der Waals surface area contributed by atoms with Gasteiger partial charge in [-0.25, -0.2) is 18.9 Å². The number of aromatic nitrogens is 2. The van der Waals surface area contributed by atoms with Gasteiger partial charge in [0, 0.05) is 37.4 Å². The maximum absolute atomic E-state index is 14.5. The van der Waals surface area contributed by atoms with Gasteiger partial charge in [0.1, 0.15) is 11.5 Å². The first kappa shape index (κ1) is 24.4. The van der Waals surface area contributed by atoms with Crippen molar-refractivity contribution in [2.45, 2.75) is 13.3 Å². The van der Waals surface area contributed by atoms with Crippen LogP contribution in [0.4, 0.5) is 9.18 Å². The van der Waals surface area contributed by atoms with Gasteiger partial charge in [-0.3, -0.25) is 4.79 Å².